The van der Waals surface area contributed by atoms with Gasteiger partial charge in [-0.15, -0.1) is 11.3 Å². The Hall–Kier alpha value is -2.18. The third-order valence-corrected chi connectivity index (χ3v) is 4.29. The molecule has 3 aromatic rings. The minimum Gasteiger partial charge on any atom is -0.469 e. The van der Waals surface area contributed by atoms with Crippen LogP contribution in [0.1, 0.15) is 22.5 Å². The Kier molecular flexibility index (Phi) is 3.96. The van der Waals surface area contributed by atoms with Crippen molar-refractivity contribution in [3.05, 3.63) is 53.4 Å². The molecule has 0 fully saturated rings. The molecule has 1 aromatic carbocycles. The second kappa shape index (κ2) is 5.90. The topological polar surface area (TPSA) is 75.4 Å². The number of aromatic nitrogens is 1. The van der Waals surface area contributed by atoms with Crippen LogP contribution in [0.15, 0.2) is 47.1 Å². The van der Waals surface area contributed by atoms with Gasteiger partial charge in [0, 0.05) is 13.0 Å². The van der Waals surface area contributed by atoms with Gasteiger partial charge in [-0.1, -0.05) is 12.1 Å². The van der Waals surface area contributed by atoms with E-state index in [-0.39, 0.29) is 12.5 Å². The van der Waals surface area contributed by atoms with Gasteiger partial charge in [-0.3, -0.25) is 4.79 Å². The summed E-state index contributed by atoms with van der Waals surface area (Å²) in [6.45, 7) is 1.79. The lowest BCUT2D eigenvalue weighted by atomic mass is 10.0. The Morgan fingerprint density at radius 2 is 2.18 bits per heavy atom. The number of benzene rings is 1. The fourth-order valence-corrected chi connectivity index (χ4v) is 3.05. The van der Waals surface area contributed by atoms with Crippen LogP contribution < -0.4 is 5.32 Å². The van der Waals surface area contributed by atoms with Crippen molar-refractivity contribution in [2.24, 2.45) is 0 Å². The SMILES string of the molecule is C[C@](O)(CNC(=O)c1nc2ccccc2s1)Cc1ccco1. The first-order valence-corrected chi connectivity index (χ1v) is 7.74. The smallest absolute Gasteiger partial charge is 0.280 e. The van der Waals surface area contributed by atoms with E-state index in [0.29, 0.717) is 17.2 Å². The Bertz CT molecular complexity index is 745. The van der Waals surface area contributed by atoms with Gasteiger partial charge >= 0.3 is 0 Å². The highest BCUT2D eigenvalue weighted by molar-refractivity contribution is 7.20. The molecule has 0 saturated carbocycles. The highest BCUT2D eigenvalue weighted by Gasteiger charge is 2.24. The third kappa shape index (κ3) is 3.35. The van der Waals surface area contributed by atoms with E-state index in [0.717, 1.165) is 10.2 Å². The van der Waals surface area contributed by atoms with Gasteiger partial charge in [-0.2, -0.15) is 0 Å². The largest absolute Gasteiger partial charge is 0.469 e. The molecule has 0 aliphatic carbocycles. The van der Waals surface area contributed by atoms with Gasteiger partial charge in [-0.25, -0.2) is 4.98 Å². The van der Waals surface area contributed by atoms with Crippen LogP contribution in [-0.2, 0) is 6.42 Å². The second-order valence-corrected chi connectivity index (χ2v) is 6.45. The zero-order chi connectivity index (χ0) is 15.6. The summed E-state index contributed by atoms with van der Waals surface area (Å²) < 4.78 is 6.19. The molecule has 0 unspecified atom stereocenters. The third-order valence-electron chi connectivity index (χ3n) is 3.25. The molecule has 6 heteroatoms. The maximum Gasteiger partial charge on any atom is 0.280 e. The molecule has 5 nitrogen and oxygen atoms in total. The van der Waals surface area contributed by atoms with Crippen LogP contribution in [0.2, 0.25) is 0 Å². The number of furan rings is 1. The lowest BCUT2D eigenvalue weighted by Gasteiger charge is -2.22. The highest BCUT2D eigenvalue weighted by Crippen LogP contribution is 2.21. The van der Waals surface area contributed by atoms with Gasteiger partial charge in [-0.05, 0) is 31.2 Å². The molecular formula is C16H16N2O3S. The molecule has 3 rings (SSSR count). The van der Waals surface area contributed by atoms with Crippen LogP contribution in [0.4, 0.5) is 0 Å². The van der Waals surface area contributed by atoms with E-state index in [4.69, 9.17) is 4.42 Å². The van der Waals surface area contributed by atoms with Crippen molar-refractivity contribution in [3.8, 4) is 0 Å². The molecule has 2 aromatic heterocycles. The number of carbonyl (C=O) groups is 1. The Labute approximate surface area is 131 Å². The number of carbonyl (C=O) groups excluding carboxylic acids is 1. The fourth-order valence-electron chi connectivity index (χ4n) is 2.17. The van der Waals surface area contributed by atoms with E-state index in [2.05, 4.69) is 10.3 Å². The van der Waals surface area contributed by atoms with Gasteiger partial charge in [0.2, 0.25) is 0 Å². The second-order valence-electron chi connectivity index (χ2n) is 5.42. The predicted octanol–water partition coefficient (Wildman–Crippen LogP) is 2.61. The minimum absolute atomic E-state index is 0.127. The highest BCUT2D eigenvalue weighted by atomic mass is 32.1. The van der Waals surface area contributed by atoms with Gasteiger partial charge in [0.1, 0.15) is 5.76 Å². The van der Waals surface area contributed by atoms with Crippen LogP contribution >= 0.6 is 11.3 Å². The number of nitrogens with zero attached hydrogens (tertiary/aromatic N) is 1. The van der Waals surface area contributed by atoms with Gasteiger partial charge in [0.25, 0.3) is 5.91 Å². The summed E-state index contributed by atoms with van der Waals surface area (Å²) in [7, 11) is 0. The Morgan fingerprint density at radius 1 is 1.36 bits per heavy atom. The molecule has 0 spiro atoms. The van der Waals surface area contributed by atoms with Crippen molar-refractivity contribution in [2.75, 3.05) is 6.54 Å². The van der Waals surface area contributed by atoms with E-state index in [1.807, 2.05) is 24.3 Å². The van der Waals surface area contributed by atoms with Crippen LogP contribution in [0.3, 0.4) is 0 Å². The Morgan fingerprint density at radius 3 is 2.91 bits per heavy atom. The summed E-state index contributed by atoms with van der Waals surface area (Å²) in [6.07, 6.45) is 1.89. The molecule has 0 bridgehead atoms. The number of nitrogens with one attached hydrogen (secondary N) is 1. The van der Waals surface area contributed by atoms with E-state index in [9.17, 15) is 9.90 Å². The molecule has 1 amide bonds. The molecular weight excluding hydrogens is 300 g/mol. The minimum atomic E-state index is -1.08. The molecule has 114 valence electrons. The zero-order valence-corrected chi connectivity index (χ0v) is 12.9. The number of hydrogen-bond acceptors (Lipinski definition) is 5. The van der Waals surface area contributed by atoms with Crippen molar-refractivity contribution >= 4 is 27.5 Å². The predicted molar refractivity (Wildman–Crippen MR) is 85.0 cm³/mol. The van der Waals surface area contributed by atoms with E-state index in [1.165, 1.54) is 11.3 Å². The first-order chi connectivity index (χ1) is 10.5. The van der Waals surface area contributed by atoms with Crippen LogP contribution in [0.25, 0.3) is 10.2 Å². The van der Waals surface area contributed by atoms with Crippen molar-refractivity contribution in [1.29, 1.82) is 0 Å². The average molecular weight is 316 g/mol. The summed E-state index contributed by atoms with van der Waals surface area (Å²) in [5.41, 5.74) is -0.274. The number of thiazole rings is 1. The molecule has 0 radical (unpaired) electrons. The molecule has 1 atom stereocenters. The van der Waals surface area contributed by atoms with Crippen molar-refractivity contribution in [3.63, 3.8) is 0 Å². The number of rotatable bonds is 5. The number of hydrogen-bond donors (Lipinski definition) is 2. The fraction of sp³-hybridized carbons (Fsp3) is 0.250. The first-order valence-electron chi connectivity index (χ1n) is 6.92. The average Bonchev–Trinajstić information content (AvgIpc) is 3.13. The van der Waals surface area contributed by atoms with Crippen LogP contribution in [0.5, 0.6) is 0 Å². The summed E-state index contributed by atoms with van der Waals surface area (Å²) in [6, 6.07) is 11.2. The van der Waals surface area contributed by atoms with Gasteiger partial charge in [0.05, 0.1) is 22.1 Å². The number of para-hydroxylation sites is 1. The van der Waals surface area contributed by atoms with Gasteiger partial charge in [0.15, 0.2) is 5.01 Å². The van der Waals surface area contributed by atoms with Crippen molar-refractivity contribution in [1.82, 2.24) is 10.3 Å². The van der Waals surface area contributed by atoms with Crippen molar-refractivity contribution < 1.29 is 14.3 Å². The molecule has 0 aliphatic rings. The maximum absolute atomic E-state index is 12.2. The first kappa shape index (κ1) is 14.7. The summed E-state index contributed by atoms with van der Waals surface area (Å²) in [5.74, 6) is 0.403. The monoisotopic (exact) mass is 316 g/mol. The summed E-state index contributed by atoms with van der Waals surface area (Å²) in [4.78, 5) is 16.5. The quantitative estimate of drug-likeness (QED) is 0.759. The Balaban J connectivity index is 1.64. The lowest BCUT2D eigenvalue weighted by molar-refractivity contribution is 0.0510. The molecule has 2 heterocycles. The van der Waals surface area contributed by atoms with Crippen LogP contribution in [-0.4, -0.2) is 28.1 Å². The summed E-state index contributed by atoms with van der Waals surface area (Å²) in [5, 5.41) is 13.5. The van der Waals surface area contributed by atoms with Gasteiger partial charge < -0.3 is 14.8 Å². The van der Waals surface area contributed by atoms with E-state index in [1.54, 1.807) is 25.3 Å². The summed E-state index contributed by atoms with van der Waals surface area (Å²) >= 11 is 1.34. The molecule has 2 N–H and O–H groups in total. The molecule has 0 saturated heterocycles. The molecule has 0 aliphatic heterocycles. The number of fused-ring (bicyclic) bond motifs is 1. The van der Waals surface area contributed by atoms with Crippen LogP contribution in [0, 0.1) is 0 Å². The lowest BCUT2D eigenvalue weighted by Crippen LogP contribution is -2.42. The standard InChI is InChI=1S/C16H16N2O3S/c1-16(20,9-11-5-4-8-21-11)10-17-14(19)15-18-12-6-2-3-7-13(12)22-15/h2-8,20H,9-10H2,1H3,(H,17,19)/t16-/m1/s1. The number of amides is 1. The van der Waals surface area contributed by atoms with Crippen molar-refractivity contribution in [2.45, 2.75) is 18.9 Å². The van der Waals surface area contributed by atoms with E-state index >= 15 is 0 Å². The van der Waals surface area contributed by atoms with E-state index < -0.39 is 5.60 Å². The molecule has 22 heavy (non-hydrogen) atoms. The normalized spacial score (nSPS) is 13.9. The maximum atomic E-state index is 12.2. The number of aliphatic hydroxyl groups is 1. The zero-order valence-electron chi connectivity index (χ0n) is 12.1.